The molecule has 1 aliphatic rings. The van der Waals surface area contributed by atoms with Gasteiger partial charge >= 0.3 is 0 Å². The van der Waals surface area contributed by atoms with Gasteiger partial charge in [-0.15, -0.1) is 11.3 Å². The maximum absolute atomic E-state index is 12.7. The van der Waals surface area contributed by atoms with Crippen LogP contribution in [0.15, 0.2) is 23.1 Å². The Hall–Kier alpha value is -1.97. The molecule has 0 saturated carbocycles. The number of amides is 1. The molecule has 1 aromatic heterocycles. The fourth-order valence-corrected chi connectivity index (χ4v) is 5.33. The van der Waals surface area contributed by atoms with Crippen molar-refractivity contribution in [3.63, 3.8) is 0 Å². The van der Waals surface area contributed by atoms with Crippen LogP contribution in [0.1, 0.15) is 27.3 Å². The summed E-state index contributed by atoms with van der Waals surface area (Å²) in [4.78, 5) is 18.1. The maximum atomic E-state index is 12.7. The molecule has 2 heterocycles. The average molecular weight is 411 g/mol. The molecule has 146 valence electrons. The van der Waals surface area contributed by atoms with Gasteiger partial charge in [0.15, 0.2) is 15.0 Å². The molecule has 1 atom stereocenters. The number of aromatic nitrogens is 1. The van der Waals surface area contributed by atoms with E-state index in [0.29, 0.717) is 24.1 Å². The highest BCUT2D eigenvalue weighted by Crippen LogP contribution is 2.27. The third kappa shape index (κ3) is 4.48. The van der Waals surface area contributed by atoms with E-state index in [-0.39, 0.29) is 22.1 Å². The number of nitrogens with zero attached hydrogens (tertiary/aromatic N) is 1. The zero-order chi connectivity index (χ0) is 19.6. The zero-order valence-corrected chi connectivity index (χ0v) is 17.1. The smallest absolute Gasteiger partial charge is 0.261 e. The number of methoxy groups -OCH3 is 1. The van der Waals surface area contributed by atoms with Crippen LogP contribution in [0.5, 0.6) is 5.75 Å². The Morgan fingerprint density at radius 2 is 2.19 bits per heavy atom. The predicted molar refractivity (Wildman–Crippen MR) is 104 cm³/mol. The average Bonchev–Trinajstić information content (AvgIpc) is 3.23. The molecule has 1 N–H and O–H groups in total. The van der Waals surface area contributed by atoms with Gasteiger partial charge in [0.05, 0.1) is 35.6 Å². The van der Waals surface area contributed by atoms with Gasteiger partial charge < -0.3 is 9.47 Å². The SMILES string of the molecule is COc1ccc(S(=O)(=O)C[C@H]2CCOC2)cc1C(=O)Nc1nc(C)c(C)s1. The third-order valence-electron chi connectivity index (χ3n) is 4.50. The van der Waals surface area contributed by atoms with E-state index in [1.54, 1.807) is 0 Å². The number of thiazole rings is 1. The van der Waals surface area contributed by atoms with Gasteiger partial charge in [-0.1, -0.05) is 0 Å². The van der Waals surface area contributed by atoms with E-state index in [1.807, 2.05) is 13.8 Å². The predicted octanol–water partition coefficient (Wildman–Crippen LogP) is 2.83. The number of sulfone groups is 1. The molecule has 0 bridgehead atoms. The minimum Gasteiger partial charge on any atom is -0.496 e. The third-order valence-corrected chi connectivity index (χ3v) is 7.37. The fraction of sp³-hybridized carbons (Fsp3) is 0.444. The summed E-state index contributed by atoms with van der Waals surface area (Å²) in [5.74, 6) is -0.163. The first-order valence-electron chi connectivity index (χ1n) is 8.54. The van der Waals surface area contributed by atoms with E-state index < -0.39 is 15.7 Å². The van der Waals surface area contributed by atoms with Crippen molar-refractivity contribution in [2.45, 2.75) is 25.2 Å². The van der Waals surface area contributed by atoms with Gasteiger partial charge in [-0.3, -0.25) is 10.1 Å². The van der Waals surface area contributed by atoms with Crippen LogP contribution >= 0.6 is 11.3 Å². The second kappa shape index (κ2) is 7.95. The number of hydrogen-bond donors (Lipinski definition) is 1. The number of rotatable bonds is 6. The minimum atomic E-state index is -3.53. The van der Waals surface area contributed by atoms with E-state index in [0.717, 1.165) is 17.0 Å². The number of aryl methyl sites for hydroxylation is 2. The molecule has 0 radical (unpaired) electrons. The first-order valence-corrected chi connectivity index (χ1v) is 11.0. The van der Waals surface area contributed by atoms with Crippen molar-refractivity contribution in [2.24, 2.45) is 5.92 Å². The lowest BCUT2D eigenvalue weighted by molar-refractivity contribution is 0.102. The van der Waals surface area contributed by atoms with Crippen molar-refractivity contribution in [3.05, 3.63) is 34.3 Å². The molecular formula is C18H22N2O5S2. The summed E-state index contributed by atoms with van der Waals surface area (Å²) < 4.78 is 36.0. The number of nitrogens with one attached hydrogen (secondary N) is 1. The molecule has 3 rings (SSSR count). The van der Waals surface area contributed by atoms with Gasteiger partial charge in [0.1, 0.15) is 5.75 Å². The molecule has 0 spiro atoms. The second-order valence-corrected chi connectivity index (χ2v) is 9.73. The Balaban J connectivity index is 1.87. The molecule has 1 saturated heterocycles. The molecule has 0 unspecified atom stereocenters. The van der Waals surface area contributed by atoms with Crippen LogP contribution in [0.3, 0.4) is 0 Å². The summed E-state index contributed by atoms with van der Waals surface area (Å²) in [6.07, 6.45) is 0.728. The molecule has 7 nitrogen and oxygen atoms in total. The van der Waals surface area contributed by atoms with Crippen LogP contribution in [-0.4, -0.2) is 45.4 Å². The lowest BCUT2D eigenvalue weighted by Gasteiger charge is -2.12. The maximum Gasteiger partial charge on any atom is 0.261 e. The Bertz CT molecular complexity index is 927. The van der Waals surface area contributed by atoms with Crippen LogP contribution in [0.4, 0.5) is 5.13 Å². The minimum absolute atomic E-state index is 0.00522. The van der Waals surface area contributed by atoms with Gasteiger partial charge in [0.2, 0.25) is 0 Å². The van der Waals surface area contributed by atoms with Gasteiger partial charge in [0.25, 0.3) is 5.91 Å². The highest BCUT2D eigenvalue weighted by Gasteiger charge is 2.26. The molecular weight excluding hydrogens is 388 g/mol. The van der Waals surface area contributed by atoms with E-state index >= 15 is 0 Å². The number of benzene rings is 1. The van der Waals surface area contributed by atoms with Gasteiger partial charge in [-0.2, -0.15) is 0 Å². The van der Waals surface area contributed by atoms with Gasteiger partial charge in [-0.25, -0.2) is 13.4 Å². The first-order chi connectivity index (χ1) is 12.8. The highest BCUT2D eigenvalue weighted by atomic mass is 32.2. The standard InChI is InChI=1S/C18H22N2O5S2/c1-11-12(2)26-18(19-11)20-17(21)15-8-14(4-5-16(15)24-3)27(22,23)10-13-6-7-25-9-13/h4-5,8,13H,6-7,9-10H2,1-3H3,(H,19,20,21)/t13-/m0/s1. The Morgan fingerprint density at radius 3 is 2.78 bits per heavy atom. The van der Waals surface area contributed by atoms with E-state index in [2.05, 4.69) is 10.3 Å². The molecule has 9 heteroatoms. The molecule has 1 aromatic carbocycles. The molecule has 1 aliphatic heterocycles. The Kier molecular flexibility index (Phi) is 5.83. The summed E-state index contributed by atoms with van der Waals surface area (Å²) in [7, 11) is -2.09. The second-order valence-electron chi connectivity index (χ2n) is 6.49. The quantitative estimate of drug-likeness (QED) is 0.787. The van der Waals surface area contributed by atoms with E-state index in [4.69, 9.17) is 9.47 Å². The monoisotopic (exact) mass is 410 g/mol. The topological polar surface area (TPSA) is 94.6 Å². The Labute approximate surface area is 162 Å². The number of hydrogen-bond acceptors (Lipinski definition) is 7. The van der Waals surface area contributed by atoms with Crippen molar-refractivity contribution < 1.29 is 22.7 Å². The molecule has 27 heavy (non-hydrogen) atoms. The summed E-state index contributed by atoms with van der Waals surface area (Å²) in [5.41, 5.74) is 1.00. The first kappa shape index (κ1) is 19.8. The van der Waals surface area contributed by atoms with Crippen molar-refractivity contribution in [1.29, 1.82) is 0 Å². The van der Waals surface area contributed by atoms with Crippen molar-refractivity contribution in [1.82, 2.24) is 4.98 Å². The highest BCUT2D eigenvalue weighted by molar-refractivity contribution is 7.91. The molecule has 1 fully saturated rings. The van der Waals surface area contributed by atoms with Crippen LogP contribution in [0.2, 0.25) is 0 Å². The molecule has 2 aromatic rings. The summed E-state index contributed by atoms with van der Waals surface area (Å²) >= 11 is 1.37. The van der Waals surface area contributed by atoms with Crippen molar-refractivity contribution >= 4 is 32.2 Å². The van der Waals surface area contributed by atoms with Crippen LogP contribution in [0, 0.1) is 19.8 Å². The lowest BCUT2D eigenvalue weighted by atomic mass is 10.2. The summed E-state index contributed by atoms with van der Waals surface area (Å²) in [6.45, 7) is 4.82. The van der Waals surface area contributed by atoms with Crippen molar-refractivity contribution in [3.8, 4) is 5.75 Å². The summed E-state index contributed by atoms with van der Waals surface area (Å²) in [5, 5.41) is 3.19. The van der Waals surface area contributed by atoms with E-state index in [1.165, 1.54) is 36.6 Å². The zero-order valence-electron chi connectivity index (χ0n) is 15.4. The largest absolute Gasteiger partial charge is 0.496 e. The number of carbonyl (C=O) groups excluding carboxylic acids is 1. The van der Waals surface area contributed by atoms with Crippen LogP contribution < -0.4 is 10.1 Å². The number of ether oxygens (including phenoxy) is 2. The number of carbonyl (C=O) groups is 1. The Morgan fingerprint density at radius 1 is 1.41 bits per heavy atom. The lowest BCUT2D eigenvalue weighted by Crippen LogP contribution is -2.18. The molecule has 1 amide bonds. The van der Waals surface area contributed by atoms with E-state index in [9.17, 15) is 13.2 Å². The van der Waals surface area contributed by atoms with Crippen molar-refractivity contribution in [2.75, 3.05) is 31.4 Å². The van der Waals surface area contributed by atoms with Gasteiger partial charge in [-0.05, 0) is 44.4 Å². The normalized spacial score (nSPS) is 17.1. The fourth-order valence-electron chi connectivity index (χ4n) is 2.87. The summed E-state index contributed by atoms with van der Waals surface area (Å²) in [6, 6.07) is 4.34. The number of anilines is 1. The molecule has 0 aliphatic carbocycles. The van der Waals surface area contributed by atoms with Gasteiger partial charge in [0, 0.05) is 11.5 Å². The van der Waals surface area contributed by atoms with Crippen LogP contribution in [0.25, 0.3) is 0 Å². The van der Waals surface area contributed by atoms with Crippen LogP contribution in [-0.2, 0) is 14.6 Å².